The molecule has 1 N–H and O–H groups in total. The van der Waals surface area contributed by atoms with Crippen LogP contribution >= 0.6 is 0 Å². The fourth-order valence-corrected chi connectivity index (χ4v) is 2.51. The Morgan fingerprint density at radius 3 is 2.83 bits per heavy atom. The van der Waals surface area contributed by atoms with E-state index in [1.165, 1.54) is 0 Å². The van der Waals surface area contributed by atoms with E-state index in [-0.39, 0.29) is 5.56 Å². The number of rotatable bonds is 4. The smallest absolute Gasteiger partial charge is 0.337 e. The average Bonchev–Trinajstić information content (AvgIpc) is 2.64. The third-order valence-corrected chi connectivity index (χ3v) is 3.27. The van der Waals surface area contributed by atoms with Crippen LogP contribution in [0.5, 0.6) is 0 Å². The highest BCUT2D eigenvalue weighted by Crippen LogP contribution is 2.25. The van der Waals surface area contributed by atoms with E-state index in [0.29, 0.717) is 11.6 Å². The standard InChI is InChI=1S/C14H18N2O2/c1-4-6-9(2)16-10(3)15-13-11(14(17)18)7-5-8-12(13)16/h5,7-9H,4,6H2,1-3H3,(H,17,18). The summed E-state index contributed by atoms with van der Waals surface area (Å²) in [6.07, 6.45) is 2.16. The molecule has 4 heteroatoms. The lowest BCUT2D eigenvalue weighted by atomic mass is 10.1. The van der Waals surface area contributed by atoms with E-state index in [1.54, 1.807) is 12.1 Å². The van der Waals surface area contributed by atoms with Crippen molar-refractivity contribution in [2.24, 2.45) is 0 Å². The zero-order valence-corrected chi connectivity index (χ0v) is 11.0. The molecule has 1 atom stereocenters. The summed E-state index contributed by atoms with van der Waals surface area (Å²) in [7, 11) is 0. The second-order valence-corrected chi connectivity index (χ2v) is 4.65. The van der Waals surface area contributed by atoms with Gasteiger partial charge in [-0.2, -0.15) is 0 Å². The van der Waals surface area contributed by atoms with E-state index >= 15 is 0 Å². The van der Waals surface area contributed by atoms with Crippen LogP contribution in [0.3, 0.4) is 0 Å². The Bertz CT molecular complexity index is 587. The summed E-state index contributed by atoms with van der Waals surface area (Å²) in [5.41, 5.74) is 1.77. The van der Waals surface area contributed by atoms with Crippen molar-refractivity contribution in [3.05, 3.63) is 29.6 Å². The molecule has 0 radical (unpaired) electrons. The summed E-state index contributed by atoms with van der Waals surface area (Å²) in [4.78, 5) is 15.6. The normalized spacial score (nSPS) is 12.8. The topological polar surface area (TPSA) is 55.1 Å². The van der Waals surface area contributed by atoms with E-state index in [1.807, 2.05) is 13.0 Å². The third kappa shape index (κ3) is 1.98. The van der Waals surface area contributed by atoms with Crippen molar-refractivity contribution < 1.29 is 9.90 Å². The van der Waals surface area contributed by atoms with Gasteiger partial charge in [-0.05, 0) is 32.4 Å². The van der Waals surface area contributed by atoms with Gasteiger partial charge in [-0.25, -0.2) is 9.78 Å². The van der Waals surface area contributed by atoms with Gasteiger partial charge in [0.25, 0.3) is 0 Å². The van der Waals surface area contributed by atoms with Crippen molar-refractivity contribution in [1.29, 1.82) is 0 Å². The molecule has 0 aliphatic carbocycles. The molecular formula is C14H18N2O2. The SMILES string of the molecule is CCCC(C)n1c(C)nc2c(C(=O)O)cccc21. The van der Waals surface area contributed by atoms with Crippen LogP contribution in [-0.2, 0) is 0 Å². The number of hydrogen-bond donors (Lipinski definition) is 1. The number of aromatic nitrogens is 2. The number of carboxylic acid groups (broad SMARTS) is 1. The van der Waals surface area contributed by atoms with Gasteiger partial charge >= 0.3 is 5.97 Å². The minimum atomic E-state index is -0.923. The largest absolute Gasteiger partial charge is 0.478 e. The summed E-state index contributed by atoms with van der Waals surface area (Å²) in [6.45, 7) is 6.22. The predicted molar refractivity (Wildman–Crippen MR) is 71.0 cm³/mol. The molecule has 1 unspecified atom stereocenters. The number of aryl methyl sites for hydroxylation is 1. The van der Waals surface area contributed by atoms with Crippen LogP contribution < -0.4 is 0 Å². The zero-order valence-electron chi connectivity index (χ0n) is 11.0. The molecule has 2 aromatic rings. The number of carbonyl (C=O) groups is 1. The third-order valence-electron chi connectivity index (χ3n) is 3.27. The second kappa shape index (κ2) is 4.80. The Kier molecular flexibility index (Phi) is 3.36. The first-order chi connectivity index (χ1) is 8.56. The van der Waals surface area contributed by atoms with Crippen LogP contribution in [0.4, 0.5) is 0 Å². The van der Waals surface area contributed by atoms with Crippen LogP contribution in [-0.4, -0.2) is 20.6 Å². The summed E-state index contributed by atoms with van der Waals surface area (Å²) in [5.74, 6) is -0.0481. The molecule has 0 saturated carbocycles. The number of para-hydroxylation sites is 1. The van der Waals surface area contributed by atoms with Crippen molar-refractivity contribution in [3.63, 3.8) is 0 Å². The van der Waals surface area contributed by atoms with Gasteiger partial charge < -0.3 is 9.67 Å². The van der Waals surface area contributed by atoms with Gasteiger partial charge in [0.2, 0.25) is 0 Å². The molecule has 0 amide bonds. The summed E-state index contributed by atoms with van der Waals surface area (Å²) >= 11 is 0. The Hall–Kier alpha value is -1.84. The Labute approximate surface area is 106 Å². The van der Waals surface area contributed by atoms with Gasteiger partial charge in [-0.3, -0.25) is 0 Å². The lowest BCUT2D eigenvalue weighted by molar-refractivity contribution is 0.0699. The quantitative estimate of drug-likeness (QED) is 0.899. The minimum Gasteiger partial charge on any atom is -0.478 e. The second-order valence-electron chi connectivity index (χ2n) is 4.65. The molecule has 1 aromatic carbocycles. The summed E-state index contributed by atoms with van der Waals surface area (Å²) < 4.78 is 2.13. The average molecular weight is 246 g/mol. The first-order valence-corrected chi connectivity index (χ1v) is 6.27. The van der Waals surface area contributed by atoms with Crippen LogP contribution in [0.1, 0.15) is 48.9 Å². The number of hydrogen-bond acceptors (Lipinski definition) is 2. The Balaban J connectivity index is 2.65. The monoisotopic (exact) mass is 246 g/mol. The molecule has 0 spiro atoms. The maximum atomic E-state index is 11.2. The number of aromatic carboxylic acids is 1. The van der Waals surface area contributed by atoms with Crippen LogP contribution in [0.15, 0.2) is 18.2 Å². The van der Waals surface area contributed by atoms with Crippen molar-refractivity contribution in [3.8, 4) is 0 Å². The Morgan fingerprint density at radius 2 is 2.22 bits per heavy atom. The molecule has 4 nitrogen and oxygen atoms in total. The fraction of sp³-hybridized carbons (Fsp3) is 0.429. The lowest BCUT2D eigenvalue weighted by Crippen LogP contribution is -2.06. The highest BCUT2D eigenvalue weighted by atomic mass is 16.4. The molecule has 0 aliphatic rings. The maximum Gasteiger partial charge on any atom is 0.337 e. The van der Waals surface area contributed by atoms with E-state index in [9.17, 15) is 9.90 Å². The fourth-order valence-electron chi connectivity index (χ4n) is 2.51. The molecule has 0 aliphatic heterocycles. The van der Waals surface area contributed by atoms with Gasteiger partial charge in [0, 0.05) is 6.04 Å². The van der Waals surface area contributed by atoms with Crippen molar-refractivity contribution in [2.75, 3.05) is 0 Å². The molecular weight excluding hydrogens is 228 g/mol. The van der Waals surface area contributed by atoms with Crippen LogP contribution in [0, 0.1) is 6.92 Å². The molecule has 0 bridgehead atoms. The predicted octanol–water partition coefficient (Wildman–Crippen LogP) is 3.40. The lowest BCUT2D eigenvalue weighted by Gasteiger charge is -2.15. The first kappa shape index (κ1) is 12.6. The van der Waals surface area contributed by atoms with E-state index in [4.69, 9.17) is 0 Å². The van der Waals surface area contributed by atoms with Crippen molar-refractivity contribution in [1.82, 2.24) is 9.55 Å². The highest BCUT2D eigenvalue weighted by molar-refractivity contribution is 6.01. The van der Waals surface area contributed by atoms with Crippen LogP contribution in [0.25, 0.3) is 11.0 Å². The van der Waals surface area contributed by atoms with E-state index in [0.717, 1.165) is 24.2 Å². The van der Waals surface area contributed by atoms with Gasteiger partial charge in [0.15, 0.2) is 0 Å². The number of benzene rings is 1. The van der Waals surface area contributed by atoms with Gasteiger partial charge in [-0.1, -0.05) is 19.4 Å². The molecule has 1 heterocycles. The van der Waals surface area contributed by atoms with Gasteiger partial charge in [0.05, 0.1) is 11.1 Å². The van der Waals surface area contributed by atoms with Crippen molar-refractivity contribution >= 4 is 17.0 Å². The number of imidazole rings is 1. The zero-order chi connectivity index (χ0) is 13.3. The number of carboxylic acids is 1. The maximum absolute atomic E-state index is 11.2. The molecule has 0 fully saturated rings. The molecule has 1 aromatic heterocycles. The molecule has 18 heavy (non-hydrogen) atoms. The first-order valence-electron chi connectivity index (χ1n) is 6.27. The number of fused-ring (bicyclic) bond motifs is 1. The highest BCUT2D eigenvalue weighted by Gasteiger charge is 2.17. The summed E-state index contributed by atoms with van der Waals surface area (Å²) in [5, 5.41) is 9.18. The number of nitrogens with zero attached hydrogens (tertiary/aromatic N) is 2. The molecule has 2 rings (SSSR count). The van der Waals surface area contributed by atoms with E-state index < -0.39 is 5.97 Å². The van der Waals surface area contributed by atoms with Gasteiger partial charge in [0.1, 0.15) is 11.3 Å². The van der Waals surface area contributed by atoms with E-state index in [2.05, 4.69) is 23.4 Å². The van der Waals surface area contributed by atoms with Crippen LogP contribution in [0.2, 0.25) is 0 Å². The van der Waals surface area contributed by atoms with Gasteiger partial charge in [-0.15, -0.1) is 0 Å². The summed E-state index contributed by atoms with van der Waals surface area (Å²) in [6, 6.07) is 5.66. The van der Waals surface area contributed by atoms with Crippen molar-refractivity contribution in [2.45, 2.75) is 39.7 Å². The minimum absolute atomic E-state index is 0.276. The molecule has 96 valence electrons. The molecule has 0 saturated heterocycles. The Morgan fingerprint density at radius 1 is 1.50 bits per heavy atom.